The first kappa shape index (κ1) is 13.2. The van der Waals surface area contributed by atoms with Crippen molar-refractivity contribution in [3.63, 3.8) is 0 Å². The standard InChI is InChI=1S/C17H14BrNO/c18-15-7-5-13-10-16(8-6-12(13)9-15)20-17-4-2-1-3-14(17)11-19/h1-10H,11,19H2. The Morgan fingerprint density at radius 1 is 0.900 bits per heavy atom. The fourth-order valence-electron chi connectivity index (χ4n) is 2.16. The van der Waals surface area contributed by atoms with E-state index in [9.17, 15) is 0 Å². The molecule has 0 aromatic heterocycles. The number of benzene rings is 3. The highest BCUT2D eigenvalue weighted by Gasteiger charge is 2.04. The molecule has 0 atom stereocenters. The zero-order valence-corrected chi connectivity index (χ0v) is 12.4. The molecule has 0 spiro atoms. The van der Waals surface area contributed by atoms with Gasteiger partial charge in [-0.15, -0.1) is 0 Å². The first-order chi connectivity index (χ1) is 9.76. The minimum atomic E-state index is 0.469. The molecule has 0 saturated heterocycles. The van der Waals surface area contributed by atoms with Gasteiger partial charge in [-0.05, 0) is 41.1 Å². The Morgan fingerprint density at radius 3 is 2.50 bits per heavy atom. The van der Waals surface area contributed by atoms with Crippen molar-refractivity contribution in [2.45, 2.75) is 6.54 Å². The molecule has 0 aliphatic carbocycles. The molecule has 0 radical (unpaired) electrons. The molecule has 3 aromatic carbocycles. The summed E-state index contributed by atoms with van der Waals surface area (Å²) in [4.78, 5) is 0. The quantitative estimate of drug-likeness (QED) is 0.746. The largest absolute Gasteiger partial charge is 0.457 e. The van der Waals surface area contributed by atoms with Crippen molar-refractivity contribution >= 4 is 26.7 Å². The van der Waals surface area contributed by atoms with Gasteiger partial charge in [0.05, 0.1) is 0 Å². The highest BCUT2D eigenvalue weighted by molar-refractivity contribution is 9.10. The minimum absolute atomic E-state index is 0.469. The van der Waals surface area contributed by atoms with Crippen molar-refractivity contribution in [2.75, 3.05) is 0 Å². The third-order valence-corrected chi connectivity index (χ3v) is 3.69. The van der Waals surface area contributed by atoms with Crippen LogP contribution in [0.25, 0.3) is 10.8 Å². The molecule has 0 fully saturated rings. The van der Waals surface area contributed by atoms with Gasteiger partial charge in [0.2, 0.25) is 0 Å². The van der Waals surface area contributed by atoms with Crippen molar-refractivity contribution in [3.05, 3.63) is 70.7 Å². The molecule has 20 heavy (non-hydrogen) atoms. The summed E-state index contributed by atoms with van der Waals surface area (Å²) < 4.78 is 7.02. The molecule has 0 aliphatic heterocycles. The molecule has 3 rings (SSSR count). The zero-order valence-electron chi connectivity index (χ0n) is 10.8. The predicted octanol–water partition coefficient (Wildman–Crippen LogP) is 4.85. The van der Waals surface area contributed by atoms with Crippen LogP contribution in [0.5, 0.6) is 11.5 Å². The van der Waals surface area contributed by atoms with E-state index in [0.717, 1.165) is 26.9 Å². The van der Waals surface area contributed by atoms with Gasteiger partial charge < -0.3 is 10.5 Å². The summed E-state index contributed by atoms with van der Waals surface area (Å²) in [5.41, 5.74) is 6.73. The molecule has 0 unspecified atom stereocenters. The second-order valence-electron chi connectivity index (χ2n) is 4.57. The van der Waals surface area contributed by atoms with E-state index in [0.29, 0.717) is 6.54 Å². The second kappa shape index (κ2) is 5.65. The summed E-state index contributed by atoms with van der Waals surface area (Å²) >= 11 is 3.48. The van der Waals surface area contributed by atoms with Crippen LogP contribution in [0.15, 0.2) is 65.1 Å². The van der Waals surface area contributed by atoms with Gasteiger partial charge in [-0.25, -0.2) is 0 Å². The molecule has 0 amide bonds. The second-order valence-corrected chi connectivity index (χ2v) is 5.48. The molecule has 2 N–H and O–H groups in total. The summed E-state index contributed by atoms with van der Waals surface area (Å²) in [6.45, 7) is 0.469. The van der Waals surface area contributed by atoms with E-state index in [-0.39, 0.29) is 0 Å². The van der Waals surface area contributed by atoms with E-state index < -0.39 is 0 Å². The normalized spacial score (nSPS) is 10.7. The van der Waals surface area contributed by atoms with Crippen LogP contribution in [0, 0.1) is 0 Å². The van der Waals surface area contributed by atoms with Gasteiger partial charge in [0.1, 0.15) is 11.5 Å². The summed E-state index contributed by atoms with van der Waals surface area (Å²) in [7, 11) is 0. The molecular formula is C17H14BrNO. The fraction of sp³-hybridized carbons (Fsp3) is 0.0588. The molecule has 100 valence electrons. The van der Waals surface area contributed by atoms with Crippen LogP contribution in [0.1, 0.15) is 5.56 Å². The maximum Gasteiger partial charge on any atom is 0.131 e. The summed E-state index contributed by atoms with van der Waals surface area (Å²) in [5, 5.41) is 2.33. The van der Waals surface area contributed by atoms with Gasteiger partial charge in [-0.1, -0.05) is 46.3 Å². The predicted molar refractivity (Wildman–Crippen MR) is 86.1 cm³/mol. The SMILES string of the molecule is NCc1ccccc1Oc1ccc2cc(Br)ccc2c1. The fourth-order valence-corrected chi connectivity index (χ4v) is 2.54. The number of halogens is 1. The zero-order chi connectivity index (χ0) is 13.9. The lowest BCUT2D eigenvalue weighted by Crippen LogP contribution is -1.98. The lowest BCUT2D eigenvalue weighted by Gasteiger charge is -2.10. The number of para-hydroxylation sites is 1. The molecule has 3 aromatic rings. The third kappa shape index (κ3) is 2.69. The van der Waals surface area contributed by atoms with E-state index in [1.807, 2.05) is 42.5 Å². The number of rotatable bonds is 3. The van der Waals surface area contributed by atoms with Crippen LogP contribution in [0.4, 0.5) is 0 Å². The van der Waals surface area contributed by atoms with Gasteiger partial charge in [0.25, 0.3) is 0 Å². The Balaban J connectivity index is 1.96. The van der Waals surface area contributed by atoms with Gasteiger partial charge in [-0.2, -0.15) is 0 Å². The summed E-state index contributed by atoms with van der Waals surface area (Å²) in [6.07, 6.45) is 0. The van der Waals surface area contributed by atoms with Gasteiger partial charge >= 0.3 is 0 Å². The molecule has 0 aliphatic rings. The molecule has 0 bridgehead atoms. The van der Waals surface area contributed by atoms with Crippen LogP contribution in [0.3, 0.4) is 0 Å². The number of ether oxygens (including phenoxy) is 1. The first-order valence-electron chi connectivity index (χ1n) is 6.41. The number of nitrogens with two attached hydrogens (primary N) is 1. The molecular weight excluding hydrogens is 314 g/mol. The molecule has 0 saturated carbocycles. The van der Waals surface area contributed by atoms with E-state index >= 15 is 0 Å². The average molecular weight is 328 g/mol. The third-order valence-electron chi connectivity index (χ3n) is 3.19. The van der Waals surface area contributed by atoms with Crippen LogP contribution in [-0.4, -0.2) is 0 Å². The summed E-state index contributed by atoms with van der Waals surface area (Å²) in [5.74, 6) is 1.63. The van der Waals surface area contributed by atoms with E-state index in [1.54, 1.807) is 0 Å². The number of hydrogen-bond acceptors (Lipinski definition) is 2. The molecule has 2 nitrogen and oxygen atoms in total. The lowest BCUT2D eigenvalue weighted by atomic mass is 10.1. The Hall–Kier alpha value is -1.84. The monoisotopic (exact) mass is 327 g/mol. The van der Waals surface area contributed by atoms with Gasteiger partial charge in [0, 0.05) is 16.6 Å². The molecule has 0 heterocycles. The van der Waals surface area contributed by atoms with Crippen molar-refractivity contribution < 1.29 is 4.74 Å². The maximum absolute atomic E-state index is 5.95. The van der Waals surface area contributed by atoms with Crippen LogP contribution < -0.4 is 10.5 Å². The van der Waals surface area contributed by atoms with Gasteiger partial charge in [0.15, 0.2) is 0 Å². The highest BCUT2D eigenvalue weighted by atomic mass is 79.9. The maximum atomic E-state index is 5.95. The Bertz CT molecular complexity index is 755. The van der Waals surface area contributed by atoms with E-state index in [2.05, 4.69) is 34.1 Å². The first-order valence-corrected chi connectivity index (χ1v) is 7.21. The number of fused-ring (bicyclic) bond motifs is 1. The van der Waals surface area contributed by atoms with Gasteiger partial charge in [-0.3, -0.25) is 0 Å². The topological polar surface area (TPSA) is 35.2 Å². The Labute approximate surface area is 126 Å². The Morgan fingerprint density at radius 2 is 1.65 bits per heavy atom. The minimum Gasteiger partial charge on any atom is -0.457 e. The van der Waals surface area contributed by atoms with Crippen molar-refractivity contribution in [2.24, 2.45) is 5.73 Å². The smallest absolute Gasteiger partial charge is 0.131 e. The molecule has 3 heteroatoms. The van der Waals surface area contributed by atoms with E-state index in [4.69, 9.17) is 10.5 Å². The van der Waals surface area contributed by atoms with Crippen LogP contribution in [-0.2, 0) is 6.54 Å². The van der Waals surface area contributed by atoms with Crippen LogP contribution >= 0.6 is 15.9 Å². The van der Waals surface area contributed by atoms with Crippen LogP contribution in [0.2, 0.25) is 0 Å². The van der Waals surface area contributed by atoms with Crippen molar-refractivity contribution in [1.82, 2.24) is 0 Å². The van der Waals surface area contributed by atoms with Crippen molar-refractivity contribution in [1.29, 1.82) is 0 Å². The lowest BCUT2D eigenvalue weighted by molar-refractivity contribution is 0.477. The number of hydrogen-bond donors (Lipinski definition) is 1. The summed E-state index contributed by atoms with van der Waals surface area (Å²) in [6, 6.07) is 20.1. The van der Waals surface area contributed by atoms with Crippen molar-refractivity contribution in [3.8, 4) is 11.5 Å². The van der Waals surface area contributed by atoms with E-state index in [1.165, 1.54) is 5.39 Å². The highest BCUT2D eigenvalue weighted by Crippen LogP contribution is 2.29. The average Bonchev–Trinajstić information content (AvgIpc) is 2.48. The Kier molecular flexibility index (Phi) is 3.72.